The molecule has 6 nitrogen and oxygen atoms in total. The molecule has 1 aromatic carbocycles. The number of aliphatic imine (C=N–C) groups is 1. The van der Waals surface area contributed by atoms with Crippen molar-refractivity contribution in [2.24, 2.45) is 4.99 Å². The highest BCUT2D eigenvalue weighted by atomic mass is 127. The molecule has 2 N–H and O–H groups in total. The van der Waals surface area contributed by atoms with Crippen LogP contribution in [-0.2, 0) is 12.0 Å². The van der Waals surface area contributed by atoms with Gasteiger partial charge < -0.3 is 24.7 Å². The molecule has 0 fully saturated rings. The molecule has 7 heteroatoms. The topological polar surface area (TPSA) is 59.8 Å². The van der Waals surface area contributed by atoms with Gasteiger partial charge in [0.05, 0.1) is 14.2 Å². The molecule has 27 heavy (non-hydrogen) atoms. The van der Waals surface area contributed by atoms with Crippen LogP contribution in [0.15, 0.2) is 47.7 Å². The van der Waals surface area contributed by atoms with Gasteiger partial charge in [-0.05, 0) is 29.8 Å². The molecular weight excluding hydrogens is 455 g/mol. The molecule has 1 aromatic heterocycles. The van der Waals surface area contributed by atoms with Gasteiger partial charge in [0.2, 0.25) is 0 Å². The predicted molar refractivity (Wildman–Crippen MR) is 122 cm³/mol. The fraction of sp³-hybridized carbons (Fsp3) is 0.450. The van der Waals surface area contributed by atoms with Crippen LogP contribution in [0, 0.1) is 0 Å². The van der Waals surface area contributed by atoms with Crippen LogP contribution < -0.4 is 20.1 Å². The first-order valence-corrected chi connectivity index (χ1v) is 8.78. The Morgan fingerprint density at radius 3 is 2.33 bits per heavy atom. The van der Waals surface area contributed by atoms with Gasteiger partial charge in [-0.15, -0.1) is 24.0 Å². The quantitative estimate of drug-likeness (QED) is 0.342. The highest BCUT2D eigenvalue weighted by molar-refractivity contribution is 14.0. The van der Waals surface area contributed by atoms with Gasteiger partial charge in [0.1, 0.15) is 0 Å². The molecule has 0 unspecified atom stereocenters. The smallest absolute Gasteiger partial charge is 0.191 e. The van der Waals surface area contributed by atoms with Gasteiger partial charge in [-0.25, -0.2) is 0 Å². The van der Waals surface area contributed by atoms with Crippen molar-refractivity contribution >= 4 is 29.9 Å². The predicted octanol–water partition coefficient (Wildman–Crippen LogP) is 3.27. The molecule has 0 radical (unpaired) electrons. The number of ether oxygens (including phenoxy) is 2. The Morgan fingerprint density at radius 2 is 1.74 bits per heavy atom. The molecule has 0 amide bonds. The lowest BCUT2D eigenvalue weighted by Crippen LogP contribution is -2.44. The SMILES string of the molecule is CN=C(NCCn1cccc1)NCC(C)(C)c1ccc(OC)c(OC)c1.I. The minimum absolute atomic E-state index is 0. The molecule has 0 saturated heterocycles. The third-order valence-corrected chi connectivity index (χ3v) is 4.42. The highest BCUT2D eigenvalue weighted by Crippen LogP contribution is 2.32. The molecule has 0 spiro atoms. The second-order valence-corrected chi connectivity index (χ2v) is 6.73. The summed E-state index contributed by atoms with van der Waals surface area (Å²) in [6.45, 7) is 6.83. The number of nitrogens with one attached hydrogen (secondary N) is 2. The summed E-state index contributed by atoms with van der Waals surface area (Å²) in [7, 11) is 5.09. The number of hydrogen-bond donors (Lipinski definition) is 2. The zero-order valence-corrected chi connectivity index (χ0v) is 19.1. The van der Waals surface area contributed by atoms with E-state index >= 15 is 0 Å². The minimum Gasteiger partial charge on any atom is -0.493 e. The van der Waals surface area contributed by atoms with Crippen molar-refractivity contribution in [1.82, 2.24) is 15.2 Å². The first kappa shape index (κ1) is 23.1. The van der Waals surface area contributed by atoms with Crippen molar-refractivity contribution in [3.63, 3.8) is 0 Å². The van der Waals surface area contributed by atoms with E-state index in [9.17, 15) is 0 Å². The molecule has 150 valence electrons. The van der Waals surface area contributed by atoms with Crippen molar-refractivity contribution in [3.8, 4) is 11.5 Å². The summed E-state index contributed by atoms with van der Waals surface area (Å²) >= 11 is 0. The van der Waals surface area contributed by atoms with E-state index in [1.165, 1.54) is 5.56 Å². The number of aromatic nitrogens is 1. The second kappa shape index (κ2) is 11.1. The third-order valence-electron chi connectivity index (χ3n) is 4.42. The fourth-order valence-electron chi connectivity index (χ4n) is 2.71. The first-order valence-electron chi connectivity index (χ1n) is 8.78. The minimum atomic E-state index is -0.0996. The lowest BCUT2D eigenvalue weighted by atomic mass is 9.84. The molecule has 2 aromatic rings. The number of guanidine groups is 1. The van der Waals surface area contributed by atoms with Crippen LogP contribution in [0.2, 0.25) is 0 Å². The van der Waals surface area contributed by atoms with Gasteiger partial charge in [-0.2, -0.15) is 0 Å². The molecule has 2 rings (SSSR count). The van der Waals surface area contributed by atoms with Crippen LogP contribution >= 0.6 is 24.0 Å². The van der Waals surface area contributed by atoms with Crippen LogP contribution in [0.25, 0.3) is 0 Å². The fourth-order valence-corrected chi connectivity index (χ4v) is 2.71. The van der Waals surface area contributed by atoms with Gasteiger partial charge in [-0.1, -0.05) is 19.9 Å². The Bertz CT molecular complexity index is 715. The van der Waals surface area contributed by atoms with Gasteiger partial charge in [-0.3, -0.25) is 4.99 Å². The maximum Gasteiger partial charge on any atom is 0.191 e. The normalized spacial score (nSPS) is 11.5. The lowest BCUT2D eigenvalue weighted by Gasteiger charge is -2.27. The molecular formula is C20H31IN4O2. The maximum absolute atomic E-state index is 5.42. The van der Waals surface area contributed by atoms with Gasteiger partial charge in [0.15, 0.2) is 17.5 Å². The average Bonchev–Trinajstić information content (AvgIpc) is 3.17. The van der Waals surface area contributed by atoms with E-state index in [-0.39, 0.29) is 29.4 Å². The summed E-state index contributed by atoms with van der Waals surface area (Å²) < 4.78 is 12.9. The van der Waals surface area contributed by atoms with E-state index in [2.05, 4.69) is 52.5 Å². The van der Waals surface area contributed by atoms with E-state index in [1.807, 2.05) is 24.3 Å². The molecule has 0 bridgehead atoms. The molecule has 0 aliphatic heterocycles. The van der Waals surface area contributed by atoms with Crippen molar-refractivity contribution in [2.45, 2.75) is 25.8 Å². The van der Waals surface area contributed by atoms with Crippen LogP contribution in [0.1, 0.15) is 19.4 Å². The van der Waals surface area contributed by atoms with E-state index < -0.39 is 0 Å². The van der Waals surface area contributed by atoms with E-state index in [0.29, 0.717) is 0 Å². The number of nitrogens with zero attached hydrogens (tertiary/aromatic N) is 2. The molecule has 0 saturated carbocycles. The maximum atomic E-state index is 5.42. The number of rotatable bonds is 8. The van der Waals surface area contributed by atoms with Crippen LogP contribution in [-0.4, -0.2) is 44.9 Å². The Morgan fingerprint density at radius 1 is 1.07 bits per heavy atom. The summed E-state index contributed by atoms with van der Waals surface area (Å²) in [5.74, 6) is 2.28. The monoisotopic (exact) mass is 486 g/mol. The van der Waals surface area contributed by atoms with Crippen LogP contribution in [0.4, 0.5) is 0 Å². The summed E-state index contributed by atoms with van der Waals surface area (Å²) in [5, 5.41) is 6.76. The number of methoxy groups -OCH3 is 2. The van der Waals surface area contributed by atoms with Gasteiger partial charge >= 0.3 is 0 Å². The third kappa shape index (κ3) is 6.64. The zero-order chi connectivity index (χ0) is 19.0. The molecule has 1 heterocycles. The molecule has 0 aliphatic carbocycles. The Balaban J connectivity index is 0.00000364. The summed E-state index contributed by atoms with van der Waals surface area (Å²) in [6.07, 6.45) is 4.11. The van der Waals surface area contributed by atoms with Gasteiger partial charge in [0, 0.05) is 44.5 Å². The van der Waals surface area contributed by atoms with E-state index in [0.717, 1.165) is 37.1 Å². The Hall–Kier alpha value is -1.90. The summed E-state index contributed by atoms with van der Waals surface area (Å²) in [4.78, 5) is 4.31. The van der Waals surface area contributed by atoms with Crippen molar-refractivity contribution in [3.05, 3.63) is 48.3 Å². The zero-order valence-electron chi connectivity index (χ0n) is 16.8. The number of hydrogen-bond acceptors (Lipinski definition) is 3. The Labute approximate surface area is 179 Å². The largest absolute Gasteiger partial charge is 0.493 e. The van der Waals surface area contributed by atoms with Crippen molar-refractivity contribution in [1.29, 1.82) is 0 Å². The highest BCUT2D eigenvalue weighted by Gasteiger charge is 2.22. The average molecular weight is 486 g/mol. The van der Waals surface area contributed by atoms with E-state index in [4.69, 9.17) is 9.47 Å². The number of halogens is 1. The molecule has 0 aliphatic rings. The lowest BCUT2D eigenvalue weighted by molar-refractivity contribution is 0.353. The van der Waals surface area contributed by atoms with E-state index in [1.54, 1.807) is 21.3 Å². The van der Waals surface area contributed by atoms with Gasteiger partial charge in [0.25, 0.3) is 0 Å². The summed E-state index contributed by atoms with van der Waals surface area (Å²) in [6, 6.07) is 10.1. The Kier molecular flexibility index (Phi) is 9.48. The second-order valence-electron chi connectivity index (χ2n) is 6.73. The number of benzene rings is 1. The first-order chi connectivity index (χ1) is 12.5. The summed E-state index contributed by atoms with van der Waals surface area (Å²) in [5.41, 5.74) is 1.07. The van der Waals surface area contributed by atoms with Crippen molar-refractivity contribution < 1.29 is 9.47 Å². The molecule has 0 atom stereocenters. The van der Waals surface area contributed by atoms with Crippen LogP contribution in [0.5, 0.6) is 11.5 Å². The standard InChI is InChI=1S/C20H30N4O2.HI/c1-20(2,16-8-9-17(25-4)18(14-16)26-5)15-23-19(21-3)22-10-13-24-11-6-7-12-24;/h6-9,11-12,14H,10,13,15H2,1-5H3,(H2,21,22,23);1H. The van der Waals surface area contributed by atoms with Crippen molar-refractivity contribution in [2.75, 3.05) is 34.4 Å². The van der Waals surface area contributed by atoms with Crippen LogP contribution in [0.3, 0.4) is 0 Å².